The summed E-state index contributed by atoms with van der Waals surface area (Å²) in [5.41, 5.74) is -0.697. The number of benzene rings is 1. The third kappa shape index (κ3) is 2.80. The molecule has 1 atom stereocenters. The van der Waals surface area contributed by atoms with Crippen LogP contribution in [-0.4, -0.2) is 19.5 Å². The molecule has 0 aliphatic rings. The number of halogens is 6. The summed E-state index contributed by atoms with van der Waals surface area (Å²) in [7, 11) is 1.25. The number of methoxy groups -OCH3 is 1. The van der Waals surface area contributed by atoms with E-state index in [1.165, 1.54) is 7.11 Å². The van der Waals surface area contributed by atoms with Crippen molar-refractivity contribution < 1.29 is 26.7 Å². The maximum absolute atomic E-state index is 13.3. The van der Waals surface area contributed by atoms with E-state index in [0.717, 1.165) is 18.2 Å². The monoisotopic (exact) mass is 274 g/mol. The van der Waals surface area contributed by atoms with Gasteiger partial charge in [-0.2, -0.15) is 8.78 Å². The van der Waals surface area contributed by atoms with Gasteiger partial charge in [-0.05, 0) is 6.07 Å². The maximum atomic E-state index is 13.3. The molecular weight excluding hydrogens is 267 g/mol. The average Bonchev–Trinajstić information content (AvgIpc) is 2.27. The van der Waals surface area contributed by atoms with Crippen LogP contribution in [0.25, 0.3) is 0 Å². The zero-order chi connectivity index (χ0) is 13.2. The van der Waals surface area contributed by atoms with Crippen LogP contribution in [0.3, 0.4) is 0 Å². The fraction of sp³-hybridized carbons (Fsp3) is 0.400. The van der Waals surface area contributed by atoms with Gasteiger partial charge < -0.3 is 4.74 Å². The number of ether oxygens (including phenoxy) is 1. The van der Waals surface area contributed by atoms with E-state index in [4.69, 9.17) is 11.6 Å². The minimum atomic E-state index is -4.50. The molecule has 17 heavy (non-hydrogen) atoms. The highest BCUT2D eigenvalue weighted by atomic mass is 35.5. The second kappa shape index (κ2) is 5.08. The van der Waals surface area contributed by atoms with Crippen molar-refractivity contribution >= 4 is 11.6 Å². The van der Waals surface area contributed by atoms with Crippen molar-refractivity contribution in [2.75, 3.05) is 7.11 Å². The fourth-order valence-electron chi connectivity index (χ4n) is 1.16. The molecular formula is C10H8ClF5O. The predicted molar refractivity (Wildman–Crippen MR) is 52.5 cm³/mol. The summed E-state index contributed by atoms with van der Waals surface area (Å²) in [5, 5.41) is -2.44. The van der Waals surface area contributed by atoms with Crippen LogP contribution in [0.2, 0.25) is 0 Å². The van der Waals surface area contributed by atoms with Gasteiger partial charge in [-0.3, -0.25) is 0 Å². The molecule has 96 valence electrons. The molecule has 0 radical (unpaired) electrons. The van der Waals surface area contributed by atoms with Crippen molar-refractivity contribution in [3.8, 4) is 5.75 Å². The molecule has 1 rings (SSSR count). The van der Waals surface area contributed by atoms with E-state index in [2.05, 4.69) is 4.74 Å². The van der Waals surface area contributed by atoms with Crippen molar-refractivity contribution in [1.29, 1.82) is 0 Å². The lowest BCUT2D eigenvalue weighted by molar-refractivity contribution is -0.131. The Hall–Kier alpha value is -1.04. The van der Waals surface area contributed by atoms with Crippen LogP contribution in [0, 0.1) is 5.82 Å². The lowest BCUT2D eigenvalue weighted by Gasteiger charge is -2.21. The van der Waals surface area contributed by atoms with Gasteiger partial charge in [0, 0.05) is 11.6 Å². The van der Waals surface area contributed by atoms with Crippen LogP contribution in [0.5, 0.6) is 5.75 Å². The maximum Gasteiger partial charge on any atom is 0.327 e. The quantitative estimate of drug-likeness (QED) is 0.595. The molecule has 0 spiro atoms. The minimum absolute atomic E-state index is 0.0791. The highest BCUT2D eigenvalue weighted by molar-refractivity contribution is 6.21. The van der Waals surface area contributed by atoms with Gasteiger partial charge in [0.2, 0.25) is 0 Å². The molecule has 0 fully saturated rings. The third-order valence-electron chi connectivity index (χ3n) is 2.11. The second-order valence-electron chi connectivity index (χ2n) is 3.23. The predicted octanol–water partition coefficient (Wildman–Crippen LogP) is 4.01. The van der Waals surface area contributed by atoms with Gasteiger partial charge in [-0.25, -0.2) is 13.2 Å². The van der Waals surface area contributed by atoms with Crippen LogP contribution in [0.1, 0.15) is 10.9 Å². The fourth-order valence-corrected chi connectivity index (χ4v) is 1.43. The highest BCUT2D eigenvalue weighted by Crippen LogP contribution is 2.42. The SMILES string of the molecule is COc1ccc(C(Cl)C(F)(F)C(F)F)c(F)c1. The van der Waals surface area contributed by atoms with E-state index in [1.807, 2.05) is 0 Å². The Balaban J connectivity index is 3.08. The molecule has 0 N–H and O–H groups in total. The molecule has 1 aromatic carbocycles. The summed E-state index contributed by atoms with van der Waals surface area (Å²) in [6, 6.07) is 2.85. The Bertz CT molecular complexity index is 396. The van der Waals surface area contributed by atoms with Gasteiger partial charge in [0.25, 0.3) is 0 Å². The smallest absolute Gasteiger partial charge is 0.327 e. The summed E-state index contributed by atoms with van der Waals surface area (Å²) in [6.45, 7) is 0. The minimum Gasteiger partial charge on any atom is -0.497 e. The molecule has 0 heterocycles. The Morgan fingerprint density at radius 3 is 2.29 bits per heavy atom. The lowest BCUT2D eigenvalue weighted by Crippen LogP contribution is -2.32. The molecule has 0 aliphatic carbocycles. The Kier molecular flexibility index (Phi) is 4.19. The van der Waals surface area contributed by atoms with Crippen LogP contribution < -0.4 is 4.74 Å². The molecule has 1 aromatic rings. The highest BCUT2D eigenvalue weighted by Gasteiger charge is 2.49. The van der Waals surface area contributed by atoms with Crippen LogP contribution >= 0.6 is 11.6 Å². The largest absolute Gasteiger partial charge is 0.497 e. The first-order valence-corrected chi connectivity index (χ1v) is 4.87. The molecule has 0 saturated heterocycles. The number of rotatable bonds is 4. The van der Waals surface area contributed by atoms with Gasteiger partial charge in [0.1, 0.15) is 16.9 Å². The van der Waals surface area contributed by atoms with Gasteiger partial charge in [0.05, 0.1) is 7.11 Å². The zero-order valence-electron chi connectivity index (χ0n) is 8.56. The van der Waals surface area contributed by atoms with Gasteiger partial charge in [-0.15, -0.1) is 11.6 Å². The molecule has 1 nitrogen and oxygen atoms in total. The van der Waals surface area contributed by atoms with Crippen LogP contribution in [0.4, 0.5) is 22.0 Å². The lowest BCUT2D eigenvalue weighted by atomic mass is 10.1. The molecule has 0 bridgehead atoms. The van der Waals surface area contributed by atoms with Crippen LogP contribution in [-0.2, 0) is 0 Å². The van der Waals surface area contributed by atoms with Crippen LogP contribution in [0.15, 0.2) is 18.2 Å². The van der Waals surface area contributed by atoms with E-state index in [-0.39, 0.29) is 5.75 Å². The molecule has 1 unspecified atom stereocenters. The summed E-state index contributed by atoms with van der Waals surface area (Å²) in [4.78, 5) is 0. The summed E-state index contributed by atoms with van der Waals surface area (Å²) in [6.07, 6.45) is -3.97. The summed E-state index contributed by atoms with van der Waals surface area (Å²) < 4.78 is 67.9. The average molecular weight is 275 g/mol. The Labute approximate surface area is 99.1 Å². The normalized spacial score (nSPS) is 13.9. The van der Waals surface area contributed by atoms with Crippen molar-refractivity contribution in [3.05, 3.63) is 29.6 Å². The molecule has 0 amide bonds. The molecule has 0 saturated carbocycles. The first-order valence-electron chi connectivity index (χ1n) is 4.44. The summed E-state index contributed by atoms with van der Waals surface area (Å²) in [5.74, 6) is -5.54. The Morgan fingerprint density at radius 2 is 1.88 bits per heavy atom. The Morgan fingerprint density at radius 1 is 1.29 bits per heavy atom. The van der Waals surface area contributed by atoms with Crippen molar-refractivity contribution in [2.24, 2.45) is 0 Å². The van der Waals surface area contributed by atoms with E-state index < -0.39 is 29.1 Å². The zero-order valence-corrected chi connectivity index (χ0v) is 9.32. The van der Waals surface area contributed by atoms with E-state index in [9.17, 15) is 22.0 Å². The van der Waals surface area contributed by atoms with Gasteiger partial charge in [0.15, 0.2) is 0 Å². The van der Waals surface area contributed by atoms with E-state index >= 15 is 0 Å². The van der Waals surface area contributed by atoms with Crippen molar-refractivity contribution in [3.63, 3.8) is 0 Å². The summed E-state index contributed by atoms with van der Waals surface area (Å²) >= 11 is 5.18. The first kappa shape index (κ1) is 14.0. The van der Waals surface area contributed by atoms with Crippen molar-refractivity contribution in [1.82, 2.24) is 0 Å². The molecule has 0 aliphatic heterocycles. The standard InChI is InChI=1S/C10H8ClF5O/c1-17-5-2-3-6(7(12)4-5)8(11)10(15,16)9(13)14/h2-4,8-9H,1H3. The van der Waals surface area contributed by atoms with E-state index in [0.29, 0.717) is 0 Å². The van der Waals surface area contributed by atoms with Crippen molar-refractivity contribution in [2.45, 2.75) is 17.7 Å². The van der Waals surface area contributed by atoms with E-state index in [1.54, 1.807) is 0 Å². The third-order valence-corrected chi connectivity index (χ3v) is 2.64. The van der Waals surface area contributed by atoms with Gasteiger partial charge >= 0.3 is 12.3 Å². The topological polar surface area (TPSA) is 9.23 Å². The molecule has 7 heteroatoms. The number of hydrogen-bond donors (Lipinski definition) is 0. The number of alkyl halides is 5. The van der Waals surface area contributed by atoms with Gasteiger partial charge in [-0.1, -0.05) is 6.07 Å². The number of hydrogen-bond acceptors (Lipinski definition) is 1. The molecule has 0 aromatic heterocycles. The second-order valence-corrected chi connectivity index (χ2v) is 3.66. The first-order chi connectivity index (χ1) is 7.80.